The maximum atomic E-state index is 12.0. The van der Waals surface area contributed by atoms with Crippen LogP contribution in [0.2, 0.25) is 0 Å². The van der Waals surface area contributed by atoms with Crippen molar-refractivity contribution in [3.63, 3.8) is 0 Å². The molecule has 8 nitrogen and oxygen atoms in total. The van der Waals surface area contributed by atoms with E-state index >= 15 is 0 Å². The minimum atomic E-state index is -0.166. The van der Waals surface area contributed by atoms with E-state index in [-0.39, 0.29) is 18.6 Å². The third kappa shape index (κ3) is 6.04. The standard InChI is InChI=1S/C19H26N4O4/c1-14(2)10-23-7-8-25-17(11-23)9-20-18(24)12-26-16-5-3-15(4-6-16)19-22-21-13-27-19/h3-6,13-14,17H,7-12H2,1-2H3,(H,20,24). The maximum absolute atomic E-state index is 12.0. The summed E-state index contributed by atoms with van der Waals surface area (Å²) in [5, 5.41) is 10.4. The Balaban J connectivity index is 1.38. The highest BCUT2D eigenvalue weighted by molar-refractivity contribution is 5.77. The van der Waals surface area contributed by atoms with Crippen LogP contribution in [-0.4, -0.2) is 66.5 Å². The molecule has 1 atom stereocenters. The van der Waals surface area contributed by atoms with Crippen molar-refractivity contribution in [3.05, 3.63) is 30.7 Å². The Bertz CT molecular complexity index is 703. The van der Waals surface area contributed by atoms with Gasteiger partial charge in [0.25, 0.3) is 5.91 Å². The summed E-state index contributed by atoms with van der Waals surface area (Å²) in [5.41, 5.74) is 0.796. The molecule has 27 heavy (non-hydrogen) atoms. The molecule has 0 radical (unpaired) electrons. The number of amides is 1. The summed E-state index contributed by atoms with van der Waals surface area (Å²) in [5.74, 6) is 1.50. The molecule has 0 spiro atoms. The number of hydrogen-bond acceptors (Lipinski definition) is 7. The summed E-state index contributed by atoms with van der Waals surface area (Å²) in [6.45, 7) is 8.42. The smallest absolute Gasteiger partial charge is 0.258 e. The van der Waals surface area contributed by atoms with Crippen molar-refractivity contribution in [2.75, 3.05) is 39.4 Å². The van der Waals surface area contributed by atoms with E-state index in [9.17, 15) is 4.79 Å². The molecule has 1 fully saturated rings. The van der Waals surface area contributed by atoms with Gasteiger partial charge in [0.05, 0.1) is 12.7 Å². The number of ether oxygens (including phenoxy) is 2. The van der Waals surface area contributed by atoms with E-state index in [2.05, 4.69) is 34.3 Å². The van der Waals surface area contributed by atoms with Crippen LogP contribution in [-0.2, 0) is 9.53 Å². The minimum Gasteiger partial charge on any atom is -0.484 e. The molecule has 1 amide bonds. The Labute approximate surface area is 158 Å². The molecule has 1 N–H and O–H groups in total. The normalized spacial score (nSPS) is 17.8. The molecule has 0 saturated carbocycles. The van der Waals surface area contributed by atoms with Crippen LogP contribution < -0.4 is 10.1 Å². The van der Waals surface area contributed by atoms with Gasteiger partial charge in [0.1, 0.15) is 5.75 Å². The highest BCUT2D eigenvalue weighted by atomic mass is 16.5. The second-order valence-corrected chi connectivity index (χ2v) is 7.01. The van der Waals surface area contributed by atoms with Gasteiger partial charge in [-0.25, -0.2) is 0 Å². The van der Waals surface area contributed by atoms with E-state index < -0.39 is 0 Å². The average molecular weight is 374 g/mol. The van der Waals surface area contributed by atoms with Gasteiger partial charge < -0.3 is 19.2 Å². The van der Waals surface area contributed by atoms with E-state index in [1.54, 1.807) is 24.3 Å². The molecule has 146 valence electrons. The number of morpholine rings is 1. The third-order valence-corrected chi connectivity index (χ3v) is 4.20. The van der Waals surface area contributed by atoms with Crippen molar-refractivity contribution < 1.29 is 18.7 Å². The SMILES string of the molecule is CC(C)CN1CCOC(CNC(=O)COc2ccc(-c3nnco3)cc2)C1. The van der Waals surface area contributed by atoms with Crippen LogP contribution in [0.1, 0.15) is 13.8 Å². The van der Waals surface area contributed by atoms with Crippen molar-refractivity contribution in [3.8, 4) is 17.2 Å². The van der Waals surface area contributed by atoms with Crippen LogP contribution in [0.15, 0.2) is 35.1 Å². The molecule has 3 rings (SSSR count). The number of carbonyl (C=O) groups is 1. The molecular formula is C19H26N4O4. The van der Waals surface area contributed by atoms with E-state index in [0.717, 1.165) is 25.2 Å². The molecule has 0 aliphatic carbocycles. The largest absolute Gasteiger partial charge is 0.484 e. The Morgan fingerprint density at radius 1 is 1.37 bits per heavy atom. The highest BCUT2D eigenvalue weighted by Crippen LogP contribution is 2.20. The lowest BCUT2D eigenvalue weighted by atomic mass is 10.2. The van der Waals surface area contributed by atoms with Gasteiger partial charge in [-0.1, -0.05) is 13.8 Å². The Kier molecular flexibility index (Phi) is 6.78. The maximum Gasteiger partial charge on any atom is 0.258 e. The van der Waals surface area contributed by atoms with Gasteiger partial charge in [0, 0.05) is 31.7 Å². The van der Waals surface area contributed by atoms with E-state index in [1.165, 1.54) is 6.39 Å². The molecule has 1 aliphatic rings. The lowest BCUT2D eigenvalue weighted by Gasteiger charge is -2.33. The molecule has 8 heteroatoms. The van der Waals surface area contributed by atoms with Crippen molar-refractivity contribution in [1.29, 1.82) is 0 Å². The fourth-order valence-electron chi connectivity index (χ4n) is 3.01. The Morgan fingerprint density at radius 2 is 2.19 bits per heavy atom. The van der Waals surface area contributed by atoms with Crippen LogP contribution in [0.3, 0.4) is 0 Å². The van der Waals surface area contributed by atoms with Gasteiger partial charge in [-0.2, -0.15) is 0 Å². The predicted molar refractivity (Wildman–Crippen MR) is 99.3 cm³/mol. The van der Waals surface area contributed by atoms with Crippen LogP contribution in [0.4, 0.5) is 0 Å². The van der Waals surface area contributed by atoms with E-state index in [0.29, 0.717) is 30.7 Å². The lowest BCUT2D eigenvalue weighted by Crippen LogP contribution is -2.48. The minimum absolute atomic E-state index is 0.0233. The van der Waals surface area contributed by atoms with Gasteiger partial charge in [0.15, 0.2) is 6.61 Å². The second kappa shape index (κ2) is 9.48. The fourth-order valence-corrected chi connectivity index (χ4v) is 3.01. The quantitative estimate of drug-likeness (QED) is 0.750. The summed E-state index contributed by atoms with van der Waals surface area (Å²) in [6, 6.07) is 7.14. The summed E-state index contributed by atoms with van der Waals surface area (Å²) < 4.78 is 16.4. The summed E-state index contributed by atoms with van der Waals surface area (Å²) in [7, 11) is 0. The average Bonchev–Trinajstić information content (AvgIpc) is 3.20. The molecule has 1 saturated heterocycles. The Hall–Kier alpha value is -2.45. The van der Waals surface area contributed by atoms with Gasteiger partial charge in [-0.15, -0.1) is 10.2 Å². The summed E-state index contributed by atoms with van der Waals surface area (Å²) in [6.07, 6.45) is 1.30. The van der Waals surface area contributed by atoms with Crippen LogP contribution in [0.5, 0.6) is 5.75 Å². The summed E-state index contributed by atoms with van der Waals surface area (Å²) in [4.78, 5) is 14.4. The first kappa shape index (κ1) is 19.3. The molecule has 0 bridgehead atoms. The van der Waals surface area contributed by atoms with Crippen LogP contribution in [0.25, 0.3) is 11.5 Å². The van der Waals surface area contributed by atoms with Gasteiger partial charge in [-0.3, -0.25) is 9.69 Å². The lowest BCUT2D eigenvalue weighted by molar-refractivity contribution is -0.124. The van der Waals surface area contributed by atoms with E-state index in [4.69, 9.17) is 13.9 Å². The first-order chi connectivity index (χ1) is 13.1. The molecule has 2 heterocycles. The zero-order valence-electron chi connectivity index (χ0n) is 15.8. The van der Waals surface area contributed by atoms with Crippen LogP contribution in [0, 0.1) is 5.92 Å². The number of benzene rings is 1. The Morgan fingerprint density at radius 3 is 2.89 bits per heavy atom. The highest BCUT2D eigenvalue weighted by Gasteiger charge is 2.21. The first-order valence-corrected chi connectivity index (χ1v) is 9.20. The third-order valence-electron chi connectivity index (χ3n) is 4.20. The van der Waals surface area contributed by atoms with Crippen molar-refractivity contribution in [2.24, 2.45) is 5.92 Å². The molecule has 1 aromatic heterocycles. The van der Waals surface area contributed by atoms with Gasteiger partial charge >= 0.3 is 0 Å². The van der Waals surface area contributed by atoms with E-state index in [1.807, 2.05) is 0 Å². The second-order valence-electron chi connectivity index (χ2n) is 7.01. The number of nitrogens with zero attached hydrogens (tertiary/aromatic N) is 3. The molecular weight excluding hydrogens is 348 g/mol. The van der Waals surface area contributed by atoms with Crippen molar-refractivity contribution in [1.82, 2.24) is 20.4 Å². The number of carbonyl (C=O) groups excluding carboxylic acids is 1. The molecule has 2 aromatic rings. The molecule has 1 aliphatic heterocycles. The number of hydrogen-bond donors (Lipinski definition) is 1. The zero-order chi connectivity index (χ0) is 19.1. The van der Waals surface area contributed by atoms with Crippen LogP contribution >= 0.6 is 0 Å². The molecule has 1 unspecified atom stereocenters. The van der Waals surface area contributed by atoms with Crippen molar-refractivity contribution in [2.45, 2.75) is 20.0 Å². The number of aromatic nitrogens is 2. The van der Waals surface area contributed by atoms with Gasteiger partial charge in [-0.05, 0) is 30.2 Å². The number of rotatable bonds is 8. The monoisotopic (exact) mass is 374 g/mol. The van der Waals surface area contributed by atoms with Crippen molar-refractivity contribution >= 4 is 5.91 Å². The topological polar surface area (TPSA) is 89.7 Å². The zero-order valence-corrected chi connectivity index (χ0v) is 15.8. The summed E-state index contributed by atoms with van der Waals surface area (Å²) >= 11 is 0. The molecule has 1 aromatic carbocycles. The first-order valence-electron chi connectivity index (χ1n) is 9.20. The fraction of sp³-hybridized carbons (Fsp3) is 0.526. The predicted octanol–water partition coefficient (Wildman–Crippen LogP) is 1.59. The number of nitrogens with one attached hydrogen (secondary N) is 1. The van der Waals surface area contributed by atoms with Gasteiger partial charge in [0.2, 0.25) is 12.3 Å².